The zero-order chi connectivity index (χ0) is 11.6. The van der Waals surface area contributed by atoms with Crippen LogP contribution < -0.4 is 0 Å². The van der Waals surface area contributed by atoms with Crippen molar-refractivity contribution < 1.29 is 19.1 Å². The van der Waals surface area contributed by atoms with Crippen LogP contribution in [0.4, 0.5) is 0 Å². The van der Waals surface area contributed by atoms with Crippen LogP contribution in [0.5, 0.6) is 0 Å². The summed E-state index contributed by atoms with van der Waals surface area (Å²) in [5.41, 5.74) is 0.828. The predicted molar refractivity (Wildman–Crippen MR) is 52.6 cm³/mol. The molecule has 1 N–H and O–H groups in total. The first-order chi connectivity index (χ1) is 6.93. The highest BCUT2D eigenvalue weighted by Gasteiger charge is 2.24. The number of furan rings is 1. The largest absolute Gasteiger partial charge is 0.480 e. The third kappa shape index (κ3) is 2.37. The number of carbonyl (C=O) groups is 2. The van der Waals surface area contributed by atoms with Crippen LogP contribution in [0.2, 0.25) is 0 Å². The van der Waals surface area contributed by atoms with Gasteiger partial charge >= 0.3 is 5.97 Å². The molecule has 0 radical (unpaired) electrons. The molecule has 0 saturated carbocycles. The van der Waals surface area contributed by atoms with Gasteiger partial charge in [0.1, 0.15) is 6.04 Å². The maximum absolute atomic E-state index is 11.7. The molecule has 1 rings (SSSR count). The standard InChI is InChI=1S/C10H13NO4/c1-6-4-8(15-5-6)9(12)11(3)7(2)10(13)14/h4-5,7H,1-3H3,(H,13,14). The predicted octanol–water partition coefficient (Wildman–Crippen LogP) is 1.13. The number of carbonyl (C=O) groups excluding carboxylic acids is 1. The Hall–Kier alpha value is -1.78. The molecule has 1 amide bonds. The van der Waals surface area contributed by atoms with Gasteiger partial charge in [-0.25, -0.2) is 4.79 Å². The van der Waals surface area contributed by atoms with E-state index >= 15 is 0 Å². The van der Waals surface area contributed by atoms with Crippen molar-refractivity contribution in [3.05, 3.63) is 23.7 Å². The summed E-state index contributed by atoms with van der Waals surface area (Å²) in [7, 11) is 1.43. The maximum atomic E-state index is 11.7. The molecule has 82 valence electrons. The molecule has 0 aliphatic rings. The smallest absolute Gasteiger partial charge is 0.326 e. The minimum absolute atomic E-state index is 0.156. The molecule has 0 aliphatic heterocycles. The SMILES string of the molecule is Cc1coc(C(=O)N(C)C(C)C(=O)O)c1. The summed E-state index contributed by atoms with van der Waals surface area (Å²) in [6.07, 6.45) is 1.45. The third-order valence-electron chi connectivity index (χ3n) is 2.20. The van der Waals surface area contributed by atoms with Crippen molar-refractivity contribution in [2.45, 2.75) is 19.9 Å². The number of nitrogens with zero attached hydrogens (tertiary/aromatic N) is 1. The lowest BCUT2D eigenvalue weighted by atomic mass is 10.2. The van der Waals surface area contributed by atoms with Gasteiger partial charge in [-0.1, -0.05) is 0 Å². The van der Waals surface area contributed by atoms with Gasteiger partial charge in [-0.05, 0) is 25.5 Å². The first-order valence-corrected chi connectivity index (χ1v) is 4.48. The lowest BCUT2D eigenvalue weighted by molar-refractivity contribution is -0.141. The summed E-state index contributed by atoms with van der Waals surface area (Å²) in [6.45, 7) is 3.23. The van der Waals surface area contributed by atoms with Crippen LogP contribution in [-0.2, 0) is 4.79 Å². The summed E-state index contributed by atoms with van der Waals surface area (Å²) in [6, 6.07) is 0.704. The number of hydrogen-bond donors (Lipinski definition) is 1. The number of amides is 1. The van der Waals surface area contributed by atoms with Crippen LogP contribution in [0.3, 0.4) is 0 Å². The minimum atomic E-state index is -1.05. The van der Waals surface area contributed by atoms with E-state index in [4.69, 9.17) is 9.52 Å². The van der Waals surface area contributed by atoms with Gasteiger partial charge < -0.3 is 14.4 Å². The monoisotopic (exact) mass is 211 g/mol. The van der Waals surface area contributed by atoms with Crippen molar-refractivity contribution in [3.63, 3.8) is 0 Å². The Bertz CT molecular complexity index is 383. The van der Waals surface area contributed by atoms with Crippen molar-refractivity contribution in [1.82, 2.24) is 4.90 Å². The first-order valence-electron chi connectivity index (χ1n) is 4.48. The van der Waals surface area contributed by atoms with Gasteiger partial charge in [0.2, 0.25) is 0 Å². The summed E-state index contributed by atoms with van der Waals surface area (Å²) in [4.78, 5) is 23.5. The van der Waals surface area contributed by atoms with E-state index in [2.05, 4.69) is 0 Å². The van der Waals surface area contributed by atoms with Crippen LogP contribution in [0.1, 0.15) is 23.0 Å². The molecule has 1 heterocycles. The number of aliphatic carboxylic acids is 1. The second-order valence-corrected chi connectivity index (χ2v) is 3.42. The third-order valence-corrected chi connectivity index (χ3v) is 2.20. The molecule has 1 unspecified atom stereocenters. The molecule has 5 heteroatoms. The molecular formula is C10H13NO4. The van der Waals surface area contributed by atoms with Crippen LogP contribution in [0, 0.1) is 6.92 Å². The lowest BCUT2D eigenvalue weighted by Gasteiger charge is -2.19. The summed E-state index contributed by atoms with van der Waals surface area (Å²) in [5.74, 6) is -1.32. The molecule has 0 spiro atoms. The van der Waals surface area contributed by atoms with Crippen molar-refractivity contribution in [2.24, 2.45) is 0 Å². The highest BCUT2D eigenvalue weighted by molar-refractivity contribution is 5.94. The molecule has 0 saturated heterocycles. The average molecular weight is 211 g/mol. The molecule has 5 nitrogen and oxygen atoms in total. The van der Waals surface area contributed by atoms with Crippen LogP contribution >= 0.6 is 0 Å². The van der Waals surface area contributed by atoms with Gasteiger partial charge in [-0.3, -0.25) is 4.79 Å². The highest BCUT2D eigenvalue weighted by atomic mass is 16.4. The second kappa shape index (κ2) is 4.16. The van der Waals surface area contributed by atoms with Gasteiger partial charge in [0.25, 0.3) is 5.91 Å². The van der Waals surface area contributed by atoms with E-state index in [0.29, 0.717) is 0 Å². The molecule has 1 aromatic heterocycles. The second-order valence-electron chi connectivity index (χ2n) is 3.42. The summed E-state index contributed by atoms with van der Waals surface area (Å²) >= 11 is 0. The van der Waals surface area contributed by atoms with E-state index < -0.39 is 17.9 Å². The quantitative estimate of drug-likeness (QED) is 0.813. The minimum Gasteiger partial charge on any atom is -0.480 e. The van der Waals surface area contributed by atoms with E-state index in [1.807, 2.05) is 0 Å². The molecule has 1 atom stereocenters. The molecule has 0 bridgehead atoms. The average Bonchev–Trinajstić information content (AvgIpc) is 2.61. The van der Waals surface area contributed by atoms with E-state index in [0.717, 1.165) is 10.5 Å². The zero-order valence-electron chi connectivity index (χ0n) is 8.85. The normalized spacial score (nSPS) is 12.2. The van der Waals surface area contributed by atoms with Gasteiger partial charge in [-0.15, -0.1) is 0 Å². The van der Waals surface area contributed by atoms with Gasteiger partial charge in [-0.2, -0.15) is 0 Å². The fraction of sp³-hybridized carbons (Fsp3) is 0.400. The fourth-order valence-electron chi connectivity index (χ4n) is 1.06. The summed E-state index contributed by atoms with van der Waals surface area (Å²) in [5, 5.41) is 8.73. The Balaban J connectivity index is 2.81. The van der Waals surface area contributed by atoms with Crippen LogP contribution in [-0.4, -0.2) is 35.0 Å². The molecule has 15 heavy (non-hydrogen) atoms. The Labute approximate surface area is 87.3 Å². The van der Waals surface area contributed by atoms with E-state index in [-0.39, 0.29) is 5.76 Å². The number of rotatable bonds is 3. The lowest BCUT2D eigenvalue weighted by Crippen LogP contribution is -2.40. The summed E-state index contributed by atoms with van der Waals surface area (Å²) < 4.78 is 4.99. The molecule has 1 aromatic rings. The van der Waals surface area contributed by atoms with E-state index in [9.17, 15) is 9.59 Å². The van der Waals surface area contributed by atoms with E-state index in [1.165, 1.54) is 20.2 Å². The molecular weight excluding hydrogens is 198 g/mol. The van der Waals surface area contributed by atoms with Crippen molar-refractivity contribution in [1.29, 1.82) is 0 Å². The molecule has 0 aromatic carbocycles. The topological polar surface area (TPSA) is 70.8 Å². The van der Waals surface area contributed by atoms with Crippen LogP contribution in [0.15, 0.2) is 16.7 Å². The Morgan fingerprint density at radius 2 is 2.13 bits per heavy atom. The molecule has 0 fully saturated rings. The van der Waals surface area contributed by atoms with Gasteiger partial charge in [0.05, 0.1) is 6.26 Å². The Morgan fingerprint density at radius 3 is 2.53 bits per heavy atom. The number of carboxylic acid groups (broad SMARTS) is 1. The number of carboxylic acids is 1. The van der Waals surface area contributed by atoms with Crippen molar-refractivity contribution in [3.8, 4) is 0 Å². The number of likely N-dealkylation sites (N-methyl/N-ethyl adjacent to an activating group) is 1. The fourth-order valence-corrected chi connectivity index (χ4v) is 1.06. The van der Waals surface area contributed by atoms with E-state index in [1.54, 1.807) is 13.0 Å². The first kappa shape index (κ1) is 11.3. The maximum Gasteiger partial charge on any atom is 0.326 e. The Morgan fingerprint density at radius 1 is 1.53 bits per heavy atom. The number of hydrogen-bond acceptors (Lipinski definition) is 3. The Kier molecular flexibility index (Phi) is 3.14. The van der Waals surface area contributed by atoms with Gasteiger partial charge in [0, 0.05) is 7.05 Å². The number of aryl methyl sites for hydroxylation is 1. The van der Waals surface area contributed by atoms with Crippen LogP contribution in [0.25, 0.3) is 0 Å². The zero-order valence-corrected chi connectivity index (χ0v) is 8.85. The van der Waals surface area contributed by atoms with Crippen molar-refractivity contribution in [2.75, 3.05) is 7.05 Å². The highest BCUT2D eigenvalue weighted by Crippen LogP contribution is 2.10. The van der Waals surface area contributed by atoms with Gasteiger partial charge in [0.15, 0.2) is 5.76 Å². The van der Waals surface area contributed by atoms with Crippen molar-refractivity contribution >= 4 is 11.9 Å². The molecule has 0 aliphatic carbocycles.